The maximum Gasteiger partial charge on any atom is 0.275 e. The molecule has 110 valence electrons. The summed E-state index contributed by atoms with van der Waals surface area (Å²) in [6.07, 6.45) is 1.73. The van der Waals surface area contributed by atoms with Gasteiger partial charge in [-0.05, 0) is 13.1 Å². The summed E-state index contributed by atoms with van der Waals surface area (Å²) in [6.45, 7) is 1.85. The van der Waals surface area contributed by atoms with Crippen molar-refractivity contribution >= 4 is 11.8 Å². The van der Waals surface area contributed by atoms with Gasteiger partial charge in [0.05, 0.1) is 0 Å². The minimum Gasteiger partial charge on any atom is -0.347 e. The summed E-state index contributed by atoms with van der Waals surface area (Å²) in [4.78, 5) is 30.0. The van der Waals surface area contributed by atoms with Crippen molar-refractivity contribution in [3.8, 4) is 0 Å². The number of hydrogen-bond acceptors (Lipinski definition) is 4. The van der Waals surface area contributed by atoms with E-state index in [1.165, 1.54) is 4.90 Å². The fourth-order valence-corrected chi connectivity index (χ4v) is 2.35. The summed E-state index contributed by atoms with van der Waals surface area (Å²) in [5.74, 6) is -0.236. The molecular formula is C13H21N5O2. The zero-order valence-corrected chi connectivity index (χ0v) is 12.4. The highest BCUT2D eigenvalue weighted by Crippen LogP contribution is 2.14. The molecule has 1 atom stereocenters. The number of hydrogen-bond donors (Lipinski definition) is 0. The molecule has 2 amide bonds. The van der Waals surface area contributed by atoms with Crippen LogP contribution in [0.15, 0.2) is 12.3 Å². The number of nitrogens with zero attached hydrogens (tertiary/aromatic N) is 5. The van der Waals surface area contributed by atoms with Crippen LogP contribution in [0, 0.1) is 0 Å². The Labute approximate surface area is 118 Å². The highest BCUT2D eigenvalue weighted by molar-refractivity contribution is 5.96. The zero-order valence-electron chi connectivity index (χ0n) is 12.4. The lowest BCUT2D eigenvalue weighted by molar-refractivity contribution is -0.135. The number of rotatable bonds is 2. The Balaban J connectivity index is 2.22. The quantitative estimate of drug-likeness (QED) is 0.716. The topological polar surface area (TPSA) is 61.7 Å². The van der Waals surface area contributed by atoms with Crippen LogP contribution in [-0.4, -0.2) is 83.1 Å². The molecular weight excluding hydrogens is 258 g/mol. The molecule has 1 aromatic heterocycles. The van der Waals surface area contributed by atoms with Gasteiger partial charge in [0.15, 0.2) is 0 Å². The first-order valence-corrected chi connectivity index (χ1v) is 6.60. The van der Waals surface area contributed by atoms with E-state index in [9.17, 15) is 9.59 Å². The summed E-state index contributed by atoms with van der Waals surface area (Å²) in [5, 5.41) is 4.13. The number of aryl methyl sites for hydroxylation is 1. The van der Waals surface area contributed by atoms with Gasteiger partial charge in [0.25, 0.3) is 5.91 Å². The molecule has 20 heavy (non-hydrogen) atoms. The van der Waals surface area contributed by atoms with Crippen molar-refractivity contribution in [2.75, 3.05) is 40.8 Å². The fraction of sp³-hybridized carbons (Fsp3) is 0.615. The first-order valence-electron chi connectivity index (χ1n) is 6.60. The second-order valence-electron chi connectivity index (χ2n) is 5.38. The molecule has 7 heteroatoms. The van der Waals surface area contributed by atoms with Crippen LogP contribution in [0.5, 0.6) is 0 Å². The van der Waals surface area contributed by atoms with Gasteiger partial charge in [-0.15, -0.1) is 0 Å². The second kappa shape index (κ2) is 5.62. The normalized spacial score (nSPS) is 20.0. The third-order valence-corrected chi connectivity index (χ3v) is 3.50. The summed E-state index contributed by atoms with van der Waals surface area (Å²) >= 11 is 0. The van der Waals surface area contributed by atoms with Crippen molar-refractivity contribution in [1.29, 1.82) is 0 Å². The van der Waals surface area contributed by atoms with Crippen molar-refractivity contribution in [2.24, 2.45) is 7.05 Å². The lowest BCUT2D eigenvalue weighted by Gasteiger charge is -2.39. The highest BCUT2D eigenvalue weighted by Gasteiger charge is 2.36. The van der Waals surface area contributed by atoms with E-state index in [-0.39, 0.29) is 11.8 Å². The predicted molar refractivity (Wildman–Crippen MR) is 74.2 cm³/mol. The average Bonchev–Trinajstić information content (AvgIpc) is 2.83. The summed E-state index contributed by atoms with van der Waals surface area (Å²) in [7, 11) is 7.14. The van der Waals surface area contributed by atoms with E-state index in [4.69, 9.17) is 0 Å². The Morgan fingerprint density at radius 3 is 2.55 bits per heavy atom. The molecule has 1 unspecified atom stereocenters. The Morgan fingerprint density at radius 1 is 1.30 bits per heavy atom. The molecule has 0 spiro atoms. The third-order valence-electron chi connectivity index (χ3n) is 3.50. The smallest absolute Gasteiger partial charge is 0.275 e. The van der Waals surface area contributed by atoms with Crippen LogP contribution < -0.4 is 0 Å². The lowest BCUT2D eigenvalue weighted by atomic mass is 10.1. The molecule has 0 N–H and O–H groups in total. The first kappa shape index (κ1) is 14.5. The number of likely N-dealkylation sites (N-methyl/N-ethyl adjacent to an activating group) is 2. The van der Waals surface area contributed by atoms with Gasteiger partial charge in [0, 0.05) is 47.0 Å². The molecule has 1 fully saturated rings. The van der Waals surface area contributed by atoms with Crippen LogP contribution in [-0.2, 0) is 11.8 Å². The highest BCUT2D eigenvalue weighted by atomic mass is 16.2. The average molecular weight is 279 g/mol. The third kappa shape index (κ3) is 2.82. The van der Waals surface area contributed by atoms with Crippen molar-refractivity contribution < 1.29 is 9.59 Å². The van der Waals surface area contributed by atoms with Gasteiger partial charge >= 0.3 is 0 Å². The number of carbonyl (C=O) groups is 2. The Kier molecular flexibility index (Phi) is 4.08. The van der Waals surface area contributed by atoms with Gasteiger partial charge in [0.1, 0.15) is 11.7 Å². The maximum atomic E-state index is 12.5. The van der Waals surface area contributed by atoms with Gasteiger partial charge in [-0.25, -0.2) is 0 Å². The van der Waals surface area contributed by atoms with E-state index in [1.54, 1.807) is 43.0 Å². The Hall–Kier alpha value is -1.89. The molecule has 2 heterocycles. The molecule has 1 saturated heterocycles. The summed E-state index contributed by atoms with van der Waals surface area (Å²) < 4.78 is 1.59. The number of aromatic nitrogens is 2. The Morgan fingerprint density at radius 2 is 2.00 bits per heavy atom. The van der Waals surface area contributed by atoms with Crippen LogP contribution in [0.4, 0.5) is 0 Å². The molecule has 7 nitrogen and oxygen atoms in total. The molecule has 2 rings (SSSR count). The largest absolute Gasteiger partial charge is 0.347 e. The van der Waals surface area contributed by atoms with Crippen molar-refractivity contribution in [3.63, 3.8) is 0 Å². The fourth-order valence-electron chi connectivity index (χ4n) is 2.35. The predicted octanol–water partition coefficient (Wildman–Crippen LogP) is -0.735. The van der Waals surface area contributed by atoms with Crippen LogP contribution in [0.3, 0.4) is 0 Å². The first-order chi connectivity index (χ1) is 9.40. The summed E-state index contributed by atoms with van der Waals surface area (Å²) in [6, 6.07) is 1.23. The van der Waals surface area contributed by atoms with Gasteiger partial charge in [-0.3, -0.25) is 14.3 Å². The van der Waals surface area contributed by atoms with E-state index in [2.05, 4.69) is 10.00 Å². The van der Waals surface area contributed by atoms with E-state index < -0.39 is 6.04 Å². The maximum absolute atomic E-state index is 12.5. The summed E-state index contributed by atoms with van der Waals surface area (Å²) in [5.41, 5.74) is 0.383. The number of carbonyl (C=O) groups excluding carboxylic acids is 2. The Bertz CT molecular complexity index is 511. The monoisotopic (exact) mass is 279 g/mol. The standard InChI is InChI=1S/C13H21N5O2/c1-15(2)13(20)11-9-16(3)7-8-18(11)12(19)10-5-6-17(4)14-10/h5-6,11H,7-9H2,1-4H3. The SMILES string of the molecule is CN1CCN(C(=O)c2ccn(C)n2)C(C(=O)N(C)C)C1. The lowest BCUT2D eigenvalue weighted by Crippen LogP contribution is -2.59. The van der Waals surface area contributed by atoms with Crippen LogP contribution in [0.2, 0.25) is 0 Å². The molecule has 1 aliphatic rings. The van der Waals surface area contributed by atoms with E-state index >= 15 is 0 Å². The molecule has 0 aromatic carbocycles. The van der Waals surface area contributed by atoms with E-state index in [1.807, 2.05) is 7.05 Å². The second-order valence-corrected chi connectivity index (χ2v) is 5.38. The van der Waals surface area contributed by atoms with Gasteiger partial charge < -0.3 is 14.7 Å². The van der Waals surface area contributed by atoms with Gasteiger partial charge in [-0.2, -0.15) is 5.10 Å². The van der Waals surface area contributed by atoms with Crippen molar-refractivity contribution in [3.05, 3.63) is 18.0 Å². The molecule has 0 aliphatic carbocycles. The van der Waals surface area contributed by atoms with Crippen molar-refractivity contribution in [2.45, 2.75) is 6.04 Å². The van der Waals surface area contributed by atoms with Crippen LogP contribution in [0.25, 0.3) is 0 Å². The molecule has 1 aromatic rings. The molecule has 0 saturated carbocycles. The van der Waals surface area contributed by atoms with Crippen LogP contribution in [0.1, 0.15) is 10.5 Å². The van der Waals surface area contributed by atoms with E-state index in [0.29, 0.717) is 18.8 Å². The minimum absolute atomic E-state index is 0.0548. The van der Waals surface area contributed by atoms with Crippen molar-refractivity contribution in [1.82, 2.24) is 24.5 Å². The van der Waals surface area contributed by atoms with Gasteiger partial charge in [-0.1, -0.05) is 0 Å². The van der Waals surface area contributed by atoms with Gasteiger partial charge in [0.2, 0.25) is 5.91 Å². The molecule has 0 radical (unpaired) electrons. The number of amides is 2. The van der Waals surface area contributed by atoms with E-state index in [0.717, 1.165) is 6.54 Å². The molecule has 0 bridgehead atoms. The minimum atomic E-state index is -0.446. The number of piperazine rings is 1. The molecule has 1 aliphatic heterocycles. The zero-order chi connectivity index (χ0) is 14.9. The van der Waals surface area contributed by atoms with Crippen LogP contribution >= 0.6 is 0 Å².